The van der Waals surface area contributed by atoms with E-state index in [-0.39, 0.29) is 24.7 Å². The molecule has 1 saturated heterocycles. The lowest BCUT2D eigenvalue weighted by Crippen LogP contribution is -2.69. The molecule has 0 radical (unpaired) electrons. The molecule has 6 nitrogen and oxygen atoms in total. The highest BCUT2D eigenvalue weighted by Crippen LogP contribution is 2.44. The molecule has 0 bridgehead atoms. The summed E-state index contributed by atoms with van der Waals surface area (Å²) in [5.74, 6) is -0.884. The quantitative estimate of drug-likeness (QED) is 0.803. The number of fused-ring (bicyclic) bond motifs is 3. The third-order valence-electron chi connectivity index (χ3n) is 5.70. The highest BCUT2D eigenvalue weighted by Gasteiger charge is 2.59. The smallest absolute Gasteiger partial charge is 0.267 e. The summed E-state index contributed by atoms with van der Waals surface area (Å²) < 4.78 is 0. The van der Waals surface area contributed by atoms with E-state index in [9.17, 15) is 14.4 Å². The van der Waals surface area contributed by atoms with E-state index in [4.69, 9.17) is 23.2 Å². The van der Waals surface area contributed by atoms with Crippen molar-refractivity contribution < 1.29 is 14.4 Å². The Morgan fingerprint density at radius 3 is 2.59 bits per heavy atom. The van der Waals surface area contributed by atoms with Gasteiger partial charge < -0.3 is 10.2 Å². The zero-order valence-electron chi connectivity index (χ0n) is 15.9. The summed E-state index contributed by atoms with van der Waals surface area (Å²) in [7, 11) is 1.56. The zero-order valence-corrected chi connectivity index (χ0v) is 17.4. The first-order valence-electron chi connectivity index (χ1n) is 9.23. The number of rotatable bonds is 3. The van der Waals surface area contributed by atoms with E-state index < -0.39 is 17.6 Å². The van der Waals surface area contributed by atoms with Crippen LogP contribution in [-0.4, -0.2) is 35.3 Å². The molecular formula is C21H19Cl2N3O3. The summed E-state index contributed by atoms with van der Waals surface area (Å²) in [6, 6.07) is 11.6. The molecule has 0 aliphatic carbocycles. The molecule has 2 aromatic carbocycles. The second-order valence-electron chi connectivity index (χ2n) is 7.30. The summed E-state index contributed by atoms with van der Waals surface area (Å²) >= 11 is 12.1. The third kappa shape index (κ3) is 2.90. The van der Waals surface area contributed by atoms with Crippen LogP contribution in [0.15, 0.2) is 42.5 Å². The molecule has 2 aromatic rings. The highest BCUT2D eigenvalue weighted by atomic mass is 35.5. The van der Waals surface area contributed by atoms with Gasteiger partial charge in [0, 0.05) is 19.9 Å². The van der Waals surface area contributed by atoms with E-state index in [0.717, 1.165) is 5.56 Å². The number of carbonyl (C=O) groups excluding carboxylic acids is 3. The predicted octanol–water partition coefficient (Wildman–Crippen LogP) is 3.78. The Labute approximate surface area is 178 Å². The van der Waals surface area contributed by atoms with Gasteiger partial charge in [-0.15, -0.1) is 0 Å². The fourth-order valence-corrected chi connectivity index (χ4v) is 4.41. The maximum Gasteiger partial charge on any atom is 0.267 e. The largest absolute Gasteiger partial charge is 0.346 e. The maximum absolute atomic E-state index is 13.5. The number of benzene rings is 2. The number of anilines is 1. The van der Waals surface area contributed by atoms with Crippen molar-refractivity contribution in [2.75, 3.05) is 11.9 Å². The number of hydrogen-bond acceptors (Lipinski definition) is 3. The molecule has 0 saturated carbocycles. The number of para-hydroxylation sites is 1. The van der Waals surface area contributed by atoms with Gasteiger partial charge in [-0.3, -0.25) is 19.3 Å². The first kappa shape index (κ1) is 19.7. The van der Waals surface area contributed by atoms with Crippen molar-refractivity contribution in [1.82, 2.24) is 10.2 Å². The second-order valence-corrected chi connectivity index (χ2v) is 8.11. The van der Waals surface area contributed by atoms with Crippen LogP contribution in [0.2, 0.25) is 10.0 Å². The Balaban J connectivity index is 1.72. The van der Waals surface area contributed by atoms with Crippen molar-refractivity contribution in [3.63, 3.8) is 0 Å². The van der Waals surface area contributed by atoms with Gasteiger partial charge in [-0.1, -0.05) is 41.4 Å². The fourth-order valence-electron chi connectivity index (χ4n) is 4.11. The van der Waals surface area contributed by atoms with E-state index >= 15 is 0 Å². The molecule has 2 atom stereocenters. The van der Waals surface area contributed by atoms with Crippen LogP contribution in [0.1, 0.15) is 41.7 Å². The van der Waals surface area contributed by atoms with Crippen LogP contribution in [-0.2, 0) is 9.59 Å². The minimum atomic E-state index is -1.40. The van der Waals surface area contributed by atoms with Crippen LogP contribution in [0.3, 0.4) is 0 Å². The number of hydrogen-bond donors (Lipinski definition) is 1. The normalized spacial score (nSPS) is 21.7. The number of nitrogens with one attached hydrogen (secondary N) is 1. The second kappa shape index (κ2) is 7.04. The first-order chi connectivity index (χ1) is 13.8. The van der Waals surface area contributed by atoms with Crippen molar-refractivity contribution in [3.05, 3.63) is 63.6 Å². The van der Waals surface area contributed by atoms with Gasteiger partial charge in [-0.2, -0.15) is 0 Å². The summed E-state index contributed by atoms with van der Waals surface area (Å²) in [6.07, 6.45) is 0.406. The van der Waals surface area contributed by atoms with E-state index in [1.165, 1.54) is 9.80 Å². The number of halogens is 2. The fraction of sp³-hybridized carbons (Fsp3) is 0.286. The molecule has 2 aliphatic heterocycles. The van der Waals surface area contributed by atoms with Gasteiger partial charge in [0.15, 0.2) is 0 Å². The molecule has 4 rings (SSSR count). The highest BCUT2D eigenvalue weighted by molar-refractivity contribution is 6.42. The Bertz CT molecular complexity index is 1040. The average Bonchev–Trinajstić information content (AvgIpc) is 3.06. The summed E-state index contributed by atoms with van der Waals surface area (Å²) in [5, 5.41) is 3.76. The number of carbonyl (C=O) groups is 3. The van der Waals surface area contributed by atoms with Crippen LogP contribution in [0.4, 0.5) is 5.69 Å². The lowest BCUT2D eigenvalue weighted by molar-refractivity contribution is -0.133. The van der Waals surface area contributed by atoms with Gasteiger partial charge in [0.1, 0.15) is 0 Å². The molecule has 8 heteroatoms. The predicted molar refractivity (Wildman–Crippen MR) is 111 cm³/mol. The van der Waals surface area contributed by atoms with Gasteiger partial charge in [0.25, 0.3) is 11.8 Å². The molecule has 0 aromatic heterocycles. The Kier molecular flexibility index (Phi) is 4.79. The Hall–Kier alpha value is -2.57. The van der Waals surface area contributed by atoms with Crippen molar-refractivity contribution in [2.45, 2.75) is 31.5 Å². The lowest BCUT2D eigenvalue weighted by atomic mass is 9.95. The summed E-state index contributed by atoms with van der Waals surface area (Å²) in [4.78, 5) is 42.1. The third-order valence-corrected chi connectivity index (χ3v) is 6.44. The van der Waals surface area contributed by atoms with Crippen LogP contribution < -0.4 is 10.2 Å². The summed E-state index contributed by atoms with van der Waals surface area (Å²) in [5.41, 5.74) is 0.249. The van der Waals surface area contributed by atoms with Gasteiger partial charge >= 0.3 is 0 Å². The molecule has 1 N–H and O–H groups in total. The Morgan fingerprint density at radius 1 is 1.14 bits per heavy atom. The van der Waals surface area contributed by atoms with E-state index in [1.807, 2.05) is 6.92 Å². The number of amides is 3. The zero-order chi connectivity index (χ0) is 20.9. The summed E-state index contributed by atoms with van der Waals surface area (Å²) in [6.45, 7) is 1.81. The van der Waals surface area contributed by atoms with Crippen molar-refractivity contribution in [3.8, 4) is 0 Å². The molecule has 29 heavy (non-hydrogen) atoms. The molecular weight excluding hydrogens is 413 g/mol. The molecule has 1 fully saturated rings. The molecule has 3 amide bonds. The number of likely N-dealkylation sites (N-methyl/N-ethyl adjacent to an activating group) is 1. The topological polar surface area (TPSA) is 69.7 Å². The van der Waals surface area contributed by atoms with Crippen LogP contribution >= 0.6 is 23.2 Å². The first-order valence-corrected chi connectivity index (χ1v) is 9.99. The molecule has 2 heterocycles. The Morgan fingerprint density at radius 2 is 1.86 bits per heavy atom. The molecule has 0 unspecified atom stereocenters. The van der Waals surface area contributed by atoms with Gasteiger partial charge in [0.2, 0.25) is 11.6 Å². The van der Waals surface area contributed by atoms with Crippen LogP contribution in [0.5, 0.6) is 0 Å². The average molecular weight is 432 g/mol. The SMILES string of the molecule is C[C@H](NC(=O)[C@@]12CCC(=O)N1c1ccccc1C(=O)N2C)c1ccc(Cl)c(Cl)c1. The minimum Gasteiger partial charge on any atom is -0.346 e. The minimum absolute atomic E-state index is 0.181. The monoisotopic (exact) mass is 431 g/mol. The number of nitrogens with zero attached hydrogens (tertiary/aromatic N) is 2. The van der Waals surface area contributed by atoms with Gasteiger partial charge in [-0.05, 0) is 36.8 Å². The molecule has 0 spiro atoms. The van der Waals surface area contributed by atoms with E-state index in [2.05, 4.69) is 5.32 Å². The van der Waals surface area contributed by atoms with Crippen molar-refractivity contribution >= 4 is 46.6 Å². The molecule has 2 aliphatic rings. The van der Waals surface area contributed by atoms with Crippen LogP contribution in [0, 0.1) is 0 Å². The van der Waals surface area contributed by atoms with Gasteiger partial charge in [-0.25, -0.2) is 0 Å². The van der Waals surface area contributed by atoms with E-state index in [1.54, 1.807) is 49.5 Å². The van der Waals surface area contributed by atoms with Gasteiger partial charge in [0.05, 0.1) is 27.3 Å². The van der Waals surface area contributed by atoms with Crippen molar-refractivity contribution in [2.24, 2.45) is 0 Å². The van der Waals surface area contributed by atoms with Crippen LogP contribution in [0.25, 0.3) is 0 Å². The lowest BCUT2D eigenvalue weighted by Gasteiger charge is -2.47. The molecule has 150 valence electrons. The maximum atomic E-state index is 13.5. The van der Waals surface area contributed by atoms with E-state index in [0.29, 0.717) is 21.3 Å². The van der Waals surface area contributed by atoms with Crippen molar-refractivity contribution in [1.29, 1.82) is 0 Å². The standard InChI is InChI=1S/C21H19Cl2N3O3/c1-12(13-7-8-15(22)16(23)11-13)24-20(29)21-10-9-18(27)26(21)17-6-4-3-5-14(17)19(28)25(21)2/h3-8,11-12H,9-10H2,1-2H3,(H,24,29)/t12-,21+/m0/s1.